The third kappa shape index (κ3) is 6.00. The highest BCUT2D eigenvalue weighted by atomic mass is 16.3. The Bertz CT molecular complexity index is 4370. The van der Waals surface area contributed by atoms with Crippen LogP contribution in [0.15, 0.2) is 259 Å². The van der Waals surface area contributed by atoms with Crippen molar-refractivity contribution in [1.82, 2.24) is 4.57 Å². The fourth-order valence-corrected chi connectivity index (χ4v) is 13.0. The van der Waals surface area contributed by atoms with Crippen molar-refractivity contribution in [3.05, 3.63) is 288 Å². The highest BCUT2D eigenvalue weighted by Crippen LogP contribution is 2.57. The minimum Gasteiger partial charge on any atom is -0.456 e. The molecule has 0 N–H and O–H groups in total. The predicted octanol–water partition coefficient (Wildman–Crippen LogP) is 18.5. The summed E-state index contributed by atoms with van der Waals surface area (Å²) in [6.45, 7) is 4.72. The fraction of sp³-hybridized carbons (Fsp3) is 0.0571. The van der Waals surface area contributed by atoms with E-state index < -0.39 is 5.41 Å². The lowest BCUT2D eigenvalue weighted by Crippen LogP contribution is -2.28. The molecule has 0 radical (unpaired) electrons. The highest BCUT2D eigenvalue weighted by molar-refractivity contribution is 6.11. The van der Waals surface area contributed by atoms with Gasteiger partial charge in [0, 0.05) is 49.7 Å². The van der Waals surface area contributed by atoms with Gasteiger partial charge in [0.15, 0.2) is 0 Å². The molecule has 344 valence electrons. The number of para-hydroxylation sites is 3. The summed E-state index contributed by atoms with van der Waals surface area (Å²) >= 11 is 0. The SMILES string of the molecule is CC1(C)c2ccccc2-c2ccc(N(c3ccccc3)c3ccc4c5ccccc5n(-c5ccc6c(c5)-c5ccccc5C6(c5ccccc5)c5cccc(-c6ccc7oc8ccccc8c7c6)c5)c4c3)cc21. The van der Waals surface area contributed by atoms with Crippen LogP contribution >= 0.6 is 0 Å². The first-order chi connectivity index (χ1) is 35.9. The maximum Gasteiger partial charge on any atom is 0.135 e. The van der Waals surface area contributed by atoms with Crippen LogP contribution in [0.5, 0.6) is 0 Å². The molecule has 1 unspecified atom stereocenters. The molecular weight excluding hydrogens is 885 g/mol. The molecule has 0 bridgehead atoms. The van der Waals surface area contributed by atoms with Gasteiger partial charge in [-0.25, -0.2) is 0 Å². The van der Waals surface area contributed by atoms with Crippen molar-refractivity contribution < 1.29 is 4.42 Å². The summed E-state index contributed by atoms with van der Waals surface area (Å²) in [5, 5.41) is 4.71. The molecule has 0 aliphatic heterocycles. The van der Waals surface area contributed by atoms with Gasteiger partial charge in [-0.2, -0.15) is 0 Å². The largest absolute Gasteiger partial charge is 0.456 e. The first kappa shape index (κ1) is 41.6. The Kier molecular flexibility index (Phi) is 8.92. The van der Waals surface area contributed by atoms with Crippen LogP contribution in [-0.4, -0.2) is 4.57 Å². The van der Waals surface area contributed by atoms with Crippen LogP contribution < -0.4 is 4.90 Å². The average molecular weight is 933 g/mol. The molecule has 2 aliphatic carbocycles. The van der Waals surface area contributed by atoms with Crippen molar-refractivity contribution in [1.29, 1.82) is 0 Å². The lowest BCUT2D eigenvalue weighted by atomic mass is 9.67. The molecule has 3 heteroatoms. The summed E-state index contributed by atoms with van der Waals surface area (Å²) in [5.74, 6) is 0. The van der Waals surface area contributed by atoms with E-state index in [2.05, 4.69) is 266 Å². The molecule has 11 aromatic carbocycles. The predicted molar refractivity (Wildman–Crippen MR) is 303 cm³/mol. The summed E-state index contributed by atoms with van der Waals surface area (Å²) in [4.78, 5) is 2.43. The van der Waals surface area contributed by atoms with Crippen LogP contribution in [0.1, 0.15) is 47.2 Å². The van der Waals surface area contributed by atoms with Crippen LogP contribution in [-0.2, 0) is 10.8 Å². The van der Waals surface area contributed by atoms with Crippen LogP contribution in [0.3, 0.4) is 0 Å². The van der Waals surface area contributed by atoms with E-state index >= 15 is 0 Å². The van der Waals surface area contributed by atoms with E-state index in [4.69, 9.17) is 4.42 Å². The molecule has 1 atom stereocenters. The fourth-order valence-electron chi connectivity index (χ4n) is 13.0. The number of furan rings is 1. The number of benzene rings is 11. The molecule has 0 saturated heterocycles. The van der Waals surface area contributed by atoms with Gasteiger partial charge >= 0.3 is 0 Å². The van der Waals surface area contributed by atoms with Crippen molar-refractivity contribution in [2.45, 2.75) is 24.7 Å². The van der Waals surface area contributed by atoms with E-state index in [1.54, 1.807) is 0 Å². The lowest BCUT2D eigenvalue weighted by Gasteiger charge is -2.34. The quantitative estimate of drug-likeness (QED) is 0.159. The zero-order valence-electron chi connectivity index (χ0n) is 40.6. The van der Waals surface area contributed by atoms with E-state index in [1.807, 2.05) is 12.1 Å². The monoisotopic (exact) mass is 932 g/mol. The molecule has 73 heavy (non-hydrogen) atoms. The van der Waals surface area contributed by atoms with Gasteiger partial charge in [-0.3, -0.25) is 0 Å². The second kappa shape index (κ2) is 15.7. The molecule has 2 heterocycles. The summed E-state index contributed by atoms with van der Waals surface area (Å²) in [6, 6.07) is 94.3. The zero-order chi connectivity index (χ0) is 48.4. The summed E-state index contributed by atoms with van der Waals surface area (Å²) in [6.07, 6.45) is 0. The number of anilines is 3. The third-order valence-corrected chi connectivity index (χ3v) is 16.3. The van der Waals surface area contributed by atoms with Gasteiger partial charge < -0.3 is 13.9 Å². The Hall–Kier alpha value is -9.18. The second-order valence-corrected chi connectivity index (χ2v) is 20.4. The average Bonchev–Trinajstić information content (AvgIpc) is 4.15. The Morgan fingerprint density at radius 2 is 0.959 bits per heavy atom. The third-order valence-electron chi connectivity index (χ3n) is 16.3. The molecule has 0 fully saturated rings. The minimum atomic E-state index is -0.579. The molecule has 0 saturated carbocycles. The molecule has 13 aromatic rings. The van der Waals surface area contributed by atoms with Gasteiger partial charge in [-0.05, 0) is 146 Å². The molecule has 2 aliphatic rings. The van der Waals surface area contributed by atoms with Gasteiger partial charge in [0.05, 0.1) is 16.4 Å². The number of hydrogen-bond acceptors (Lipinski definition) is 2. The van der Waals surface area contributed by atoms with Crippen molar-refractivity contribution in [3.8, 4) is 39.1 Å². The Morgan fingerprint density at radius 1 is 0.342 bits per heavy atom. The van der Waals surface area contributed by atoms with Crippen molar-refractivity contribution in [2.75, 3.05) is 4.90 Å². The summed E-state index contributed by atoms with van der Waals surface area (Å²) in [5.41, 5.74) is 23.1. The number of rotatable bonds is 7. The number of hydrogen-bond donors (Lipinski definition) is 0. The van der Waals surface area contributed by atoms with Gasteiger partial charge in [0.25, 0.3) is 0 Å². The lowest BCUT2D eigenvalue weighted by molar-refractivity contribution is 0.660. The van der Waals surface area contributed by atoms with Gasteiger partial charge in [-0.1, -0.05) is 190 Å². The smallest absolute Gasteiger partial charge is 0.135 e. The van der Waals surface area contributed by atoms with Gasteiger partial charge in [0.2, 0.25) is 0 Å². The van der Waals surface area contributed by atoms with Crippen LogP contribution in [0.4, 0.5) is 17.1 Å². The standard InChI is InChI=1S/C70H48N2O/c1-69(2)61-28-13-9-24-53(61)55-36-33-51(43-64(55)69)71(49-22-7-4-8-23-49)52-34-37-57-56-26-11-15-30-65(56)72(66(57)44-52)50-35-38-63-59(42-50)54-25-10-14-29-62(54)70(63,47-19-5-3-6-20-47)48-21-17-18-45(40-48)46-32-39-68-60(41-46)58-27-12-16-31-67(58)73-68/h3-44H,1-2H3. The van der Waals surface area contributed by atoms with E-state index in [-0.39, 0.29) is 5.41 Å². The van der Waals surface area contributed by atoms with Crippen LogP contribution in [0.2, 0.25) is 0 Å². The normalized spacial score (nSPS) is 15.2. The van der Waals surface area contributed by atoms with E-state index in [1.165, 1.54) is 77.5 Å². The Morgan fingerprint density at radius 3 is 1.81 bits per heavy atom. The molecule has 2 aromatic heterocycles. The maximum atomic E-state index is 6.26. The summed E-state index contributed by atoms with van der Waals surface area (Å²) in [7, 11) is 0. The van der Waals surface area contributed by atoms with Crippen LogP contribution in [0, 0.1) is 0 Å². The Labute approximate surface area is 424 Å². The second-order valence-electron chi connectivity index (χ2n) is 20.4. The van der Waals surface area contributed by atoms with E-state index in [0.29, 0.717) is 0 Å². The maximum absolute atomic E-state index is 6.26. The first-order valence-electron chi connectivity index (χ1n) is 25.4. The van der Waals surface area contributed by atoms with Gasteiger partial charge in [-0.15, -0.1) is 0 Å². The van der Waals surface area contributed by atoms with Crippen molar-refractivity contribution in [2.24, 2.45) is 0 Å². The van der Waals surface area contributed by atoms with Gasteiger partial charge in [0.1, 0.15) is 11.2 Å². The van der Waals surface area contributed by atoms with E-state index in [9.17, 15) is 0 Å². The molecule has 0 amide bonds. The molecule has 3 nitrogen and oxygen atoms in total. The summed E-state index contributed by atoms with van der Waals surface area (Å²) < 4.78 is 8.75. The van der Waals surface area contributed by atoms with Crippen molar-refractivity contribution >= 4 is 60.8 Å². The first-order valence-corrected chi connectivity index (χ1v) is 25.4. The number of nitrogens with zero attached hydrogens (tertiary/aromatic N) is 2. The van der Waals surface area contributed by atoms with Crippen LogP contribution in [0.25, 0.3) is 82.8 Å². The zero-order valence-corrected chi connectivity index (χ0v) is 40.6. The van der Waals surface area contributed by atoms with E-state index in [0.717, 1.165) is 55.8 Å². The topological polar surface area (TPSA) is 21.3 Å². The molecule has 15 rings (SSSR count). The Balaban J connectivity index is 0.916. The number of aromatic nitrogens is 1. The minimum absolute atomic E-state index is 0.126. The van der Waals surface area contributed by atoms with Crippen molar-refractivity contribution in [3.63, 3.8) is 0 Å². The molecule has 0 spiro atoms. The molecular formula is C70H48N2O. The highest BCUT2D eigenvalue weighted by Gasteiger charge is 2.46. The number of fused-ring (bicyclic) bond motifs is 12.